The van der Waals surface area contributed by atoms with Crippen LogP contribution in [0.25, 0.3) is 0 Å². The van der Waals surface area contributed by atoms with E-state index in [-0.39, 0.29) is 5.91 Å². The van der Waals surface area contributed by atoms with Gasteiger partial charge in [0, 0.05) is 19.8 Å². The monoisotopic (exact) mass is 191 g/mol. The molecular weight excluding hydrogens is 178 g/mol. The molecule has 0 fully saturated rings. The Bertz CT molecular complexity index is 361. The zero-order valence-corrected chi connectivity index (χ0v) is 8.16. The number of nitrogens with one attached hydrogen (secondary N) is 1. The van der Waals surface area contributed by atoms with Crippen LogP contribution in [0.3, 0.4) is 0 Å². The minimum absolute atomic E-state index is 0.101. The first-order valence-corrected chi connectivity index (χ1v) is 4.35. The van der Waals surface area contributed by atoms with Gasteiger partial charge >= 0.3 is 0 Å². The Morgan fingerprint density at radius 3 is 3.21 bits per heavy atom. The van der Waals surface area contributed by atoms with E-state index in [1.165, 1.54) is 0 Å². The minimum Gasteiger partial charge on any atom is -0.352 e. The van der Waals surface area contributed by atoms with Crippen LogP contribution >= 0.6 is 0 Å². The average Bonchev–Trinajstić information content (AvgIpc) is 2.59. The molecule has 74 valence electrons. The SMILES string of the molecule is C=C=CCCNC(=O)c1cnn(C)c1. The first-order chi connectivity index (χ1) is 6.74. The first-order valence-electron chi connectivity index (χ1n) is 4.35. The van der Waals surface area contributed by atoms with E-state index in [4.69, 9.17) is 0 Å². The molecule has 0 saturated heterocycles. The van der Waals surface area contributed by atoms with E-state index < -0.39 is 0 Å². The Hall–Kier alpha value is -1.80. The number of carbonyl (C=O) groups is 1. The second-order valence-corrected chi connectivity index (χ2v) is 2.86. The van der Waals surface area contributed by atoms with Crippen LogP contribution in [-0.4, -0.2) is 22.2 Å². The zero-order chi connectivity index (χ0) is 10.4. The highest BCUT2D eigenvalue weighted by Crippen LogP contribution is 1.95. The highest BCUT2D eigenvalue weighted by atomic mass is 16.1. The molecule has 1 heterocycles. The van der Waals surface area contributed by atoms with Gasteiger partial charge in [-0.3, -0.25) is 9.48 Å². The molecule has 0 aliphatic carbocycles. The second-order valence-electron chi connectivity index (χ2n) is 2.86. The number of amides is 1. The Labute approximate surface area is 82.9 Å². The molecule has 0 aliphatic heterocycles. The summed E-state index contributed by atoms with van der Waals surface area (Å²) in [6, 6.07) is 0. The zero-order valence-electron chi connectivity index (χ0n) is 8.16. The van der Waals surface area contributed by atoms with Crippen molar-refractivity contribution in [3.63, 3.8) is 0 Å². The standard InChI is InChI=1S/C10H13N3O/c1-3-4-5-6-11-10(14)9-7-12-13(2)8-9/h4,7-8H,1,5-6H2,2H3,(H,11,14). The van der Waals surface area contributed by atoms with Crippen molar-refractivity contribution in [3.05, 3.63) is 36.3 Å². The molecule has 0 bridgehead atoms. The van der Waals surface area contributed by atoms with E-state index in [1.54, 1.807) is 30.2 Å². The largest absolute Gasteiger partial charge is 0.352 e. The van der Waals surface area contributed by atoms with Gasteiger partial charge in [-0.15, -0.1) is 5.73 Å². The van der Waals surface area contributed by atoms with Crippen molar-refractivity contribution < 1.29 is 4.79 Å². The van der Waals surface area contributed by atoms with Crippen molar-refractivity contribution >= 4 is 5.91 Å². The summed E-state index contributed by atoms with van der Waals surface area (Å²) in [4.78, 5) is 11.4. The lowest BCUT2D eigenvalue weighted by Gasteiger charge is -1.99. The number of carbonyl (C=O) groups excluding carboxylic acids is 1. The molecule has 0 unspecified atom stereocenters. The van der Waals surface area contributed by atoms with Crippen molar-refractivity contribution in [1.82, 2.24) is 15.1 Å². The number of aromatic nitrogens is 2. The van der Waals surface area contributed by atoms with Gasteiger partial charge in [0.2, 0.25) is 0 Å². The van der Waals surface area contributed by atoms with Crippen LogP contribution < -0.4 is 5.32 Å². The molecule has 0 spiro atoms. The molecule has 14 heavy (non-hydrogen) atoms. The van der Waals surface area contributed by atoms with Crippen molar-refractivity contribution in [1.29, 1.82) is 0 Å². The lowest BCUT2D eigenvalue weighted by molar-refractivity contribution is 0.0954. The molecule has 1 N–H and O–H groups in total. The summed E-state index contributed by atoms with van der Waals surface area (Å²) in [5.74, 6) is -0.101. The number of nitrogens with zero attached hydrogens (tertiary/aromatic N) is 2. The van der Waals surface area contributed by atoms with Gasteiger partial charge in [0.05, 0.1) is 11.8 Å². The summed E-state index contributed by atoms with van der Waals surface area (Å²) < 4.78 is 1.60. The first kappa shape index (κ1) is 10.3. The van der Waals surface area contributed by atoms with Crippen LogP contribution in [-0.2, 0) is 7.05 Å². The molecule has 1 aromatic heterocycles. The third-order valence-corrected chi connectivity index (χ3v) is 1.69. The lowest BCUT2D eigenvalue weighted by Crippen LogP contribution is -2.23. The average molecular weight is 191 g/mol. The fourth-order valence-electron chi connectivity index (χ4n) is 1.00. The van der Waals surface area contributed by atoms with Crippen LogP contribution in [0.15, 0.2) is 30.8 Å². The molecule has 1 aromatic rings. The number of hydrogen-bond acceptors (Lipinski definition) is 2. The molecule has 0 atom stereocenters. The Kier molecular flexibility index (Phi) is 3.70. The van der Waals surface area contributed by atoms with E-state index in [1.807, 2.05) is 0 Å². The van der Waals surface area contributed by atoms with Crippen molar-refractivity contribution in [3.8, 4) is 0 Å². The van der Waals surface area contributed by atoms with Crippen LogP contribution in [0.5, 0.6) is 0 Å². The van der Waals surface area contributed by atoms with Crippen molar-refractivity contribution in [2.75, 3.05) is 6.54 Å². The van der Waals surface area contributed by atoms with E-state index >= 15 is 0 Å². The van der Waals surface area contributed by atoms with Crippen LogP contribution in [0.4, 0.5) is 0 Å². The Balaban J connectivity index is 2.39. The van der Waals surface area contributed by atoms with Gasteiger partial charge in [0.25, 0.3) is 5.91 Å². The summed E-state index contributed by atoms with van der Waals surface area (Å²) in [5, 5.41) is 6.66. The van der Waals surface area contributed by atoms with Crippen molar-refractivity contribution in [2.24, 2.45) is 7.05 Å². The fraction of sp³-hybridized carbons (Fsp3) is 0.300. The highest BCUT2D eigenvalue weighted by molar-refractivity contribution is 5.93. The number of aryl methyl sites for hydroxylation is 1. The Morgan fingerprint density at radius 1 is 1.86 bits per heavy atom. The summed E-state index contributed by atoms with van der Waals surface area (Å²) in [5.41, 5.74) is 3.22. The van der Waals surface area contributed by atoms with Gasteiger partial charge in [-0.2, -0.15) is 5.10 Å². The maximum Gasteiger partial charge on any atom is 0.254 e. The maximum atomic E-state index is 11.4. The van der Waals surface area contributed by atoms with Gasteiger partial charge in [-0.1, -0.05) is 6.58 Å². The second kappa shape index (κ2) is 5.04. The predicted octanol–water partition coefficient (Wildman–Crippen LogP) is 0.881. The van der Waals surface area contributed by atoms with Gasteiger partial charge < -0.3 is 5.32 Å². The topological polar surface area (TPSA) is 46.9 Å². The van der Waals surface area contributed by atoms with Crippen molar-refractivity contribution in [2.45, 2.75) is 6.42 Å². The van der Waals surface area contributed by atoms with Crippen LogP contribution in [0.2, 0.25) is 0 Å². The molecule has 0 aromatic carbocycles. The minimum atomic E-state index is -0.101. The maximum absolute atomic E-state index is 11.4. The quantitative estimate of drug-likeness (QED) is 0.567. The van der Waals surface area contributed by atoms with Gasteiger partial charge in [-0.05, 0) is 12.5 Å². The summed E-state index contributed by atoms with van der Waals surface area (Å²) in [6.07, 6.45) is 5.75. The normalized spacial score (nSPS) is 9.21. The van der Waals surface area contributed by atoms with Gasteiger partial charge in [0.15, 0.2) is 0 Å². The highest BCUT2D eigenvalue weighted by Gasteiger charge is 2.05. The van der Waals surface area contributed by atoms with Gasteiger partial charge in [-0.25, -0.2) is 0 Å². The third kappa shape index (κ3) is 2.92. The molecule has 0 radical (unpaired) electrons. The lowest BCUT2D eigenvalue weighted by atomic mass is 10.3. The predicted molar refractivity (Wildman–Crippen MR) is 53.9 cm³/mol. The summed E-state index contributed by atoms with van der Waals surface area (Å²) >= 11 is 0. The van der Waals surface area contributed by atoms with E-state index in [0.29, 0.717) is 12.1 Å². The molecule has 1 amide bonds. The third-order valence-electron chi connectivity index (χ3n) is 1.69. The van der Waals surface area contributed by atoms with Gasteiger partial charge in [0.1, 0.15) is 0 Å². The van der Waals surface area contributed by atoms with Crippen LogP contribution in [0.1, 0.15) is 16.8 Å². The fourth-order valence-corrected chi connectivity index (χ4v) is 1.00. The number of rotatable bonds is 4. The molecule has 1 rings (SSSR count). The van der Waals surface area contributed by atoms with E-state index in [0.717, 1.165) is 6.42 Å². The Morgan fingerprint density at radius 2 is 2.64 bits per heavy atom. The smallest absolute Gasteiger partial charge is 0.254 e. The summed E-state index contributed by atoms with van der Waals surface area (Å²) in [7, 11) is 1.78. The number of hydrogen-bond donors (Lipinski definition) is 1. The van der Waals surface area contributed by atoms with Crippen LogP contribution in [0, 0.1) is 0 Å². The summed E-state index contributed by atoms with van der Waals surface area (Å²) in [6.45, 7) is 4.03. The van der Waals surface area contributed by atoms with E-state index in [2.05, 4.69) is 22.7 Å². The van der Waals surface area contributed by atoms with E-state index in [9.17, 15) is 4.79 Å². The molecule has 4 heteroatoms. The molecule has 0 saturated carbocycles. The molecule has 0 aliphatic rings. The molecule has 4 nitrogen and oxygen atoms in total. The molecular formula is C10H13N3O.